The number of carbonyl (C=O) groups excluding carboxylic acids is 1. The molecule has 4 aromatic rings. The van der Waals surface area contributed by atoms with Gasteiger partial charge in [0.15, 0.2) is 12.1 Å². The number of nitrogens with one attached hydrogen (secondary N) is 2. The quantitative estimate of drug-likeness (QED) is 0.419. The fraction of sp³-hybridized carbons (Fsp3) is 0.217. The SMILES string of the molecule is O=CC1NCCN1CCNc1ncc(F)c(-c2cc3cccc(-c4ccncc4)c3s2)n1. The smallest absolute Gasteiger partial charge is 0.223 e. The highest BCUT2D eigenvalue weighted by Gasteiger charge is 2.22. The van der Waals surface area contributed by atoms with Crippen molar-refractivity contribution in [3.8, 4) is 21.7 Å². The van der Waals surface area contributed by atoms with Crippen LogP contribution >= 0.6 is 11.3 Å². The van der Waals surface area contributed by atoms with E-state index in [2.05, 4.69) is 31.7 Å². The topological polar surface area (TPSA) is 83.0 Å². The van der Waals surface area contributed by atoms with E-state index in [0.29, 0.717) is 19.0 Å². The molecule has 7 nitrogen and oxygen atoms in total. The number of aldehydes is 1. The summed E-state index contributed by atoms with van der Waals surface area (Å²) < 4.78 is 15.7. The van der Waals surface area contributed by atoms with Gasteiger partial charge in [0.1, 0.15) is 11.9 Å². The van der Waals surface area contributed by atoms with Gasteiger partial charge in [0, 0.05) is 43.3 Å². The molecule has 1 fully saturated rings. The first-order valence-corrected chi connectivity index (χ1v) is 11.2. The maximum absolute atomic E-state index is 14.7. The van der Waals surface area contributed by atoms with E-state index in [4.69, 9.17) is 0 Å². The van der Waals surface area contributed by atoms with Crippen LogP contribution in [0.2, 0.25) is 0 Å². The number of benzene rings is 1. The molecule has 0 bridgehead atoms. The van der Waals surface area contributed by atoms with Crippen LogP contribution in [0.5, 0.6) is 0 Å². The Morgan fingerprint density at radius 1 is 1.28 bits per heavy atom. The zero-order chi connectivity index (χ0) is 21.9. The van der Waals surface area contributed by atoms with Gasteiger partial charge in [-0.05, 0) is 34.7 Å². The molecule has 5 rings (SSSR count). The summed E-state index contributed by atoms with van der Waals surface area (Å²) in [5.41, 5.74) is 2.42. The lowest BCUT2D eigenvalue weighted by atomic mass is 10.1. The summed E-state index contributed by atoms with van der Waals surface area (Å²) in [5.74, 6) is -0.0969. The van der Waals surface area contributed by atoms with Gasteiger partial charge in [0.2, 0.25) is 5.95 Å². The van der Waals surface area contributed by atoms with Crippen LogP contribution in [0.4, 0.5) is 10.3 Å². The Bertz CT molecular complexity index is 1250. The predicted octanol–water partition coefficient (Wildman–Crippen LogP) is 3.40. The molecule has 1 atom stereocenters. The van der Waals surface area contributed by atoms with E-state index in [9.17, 15) is 9.18 Å². The summed E-state index contributed by atoms with van der Waals surface area (Å²) in [4.78, 5) is 26.5. The van der Waals surface area contributed by atoms with E-state index >= 15 is 0 Å². The second-order valence-corrected chi connectivity index (χ2v) is 8.51. The minimum atomic E-state index is -0.461. The van der Waals surface area contributed by atoms with E-state index in [1.165, 1.54) is 17.5 Å². The van der Waals surface area contributed by atoms with Gasteiger partial charge in [0.05, 0.1) is 11.1 Å². The Morgan fingerprint density at radius 3 is 3.00 bits per heavy atom. The molecular weight excluding hydrogens is 427 g/mol. The summed E-state index contributed by atoms with van der Waals surface area (Å²) in [5, 5.41) is 7.30. The minimum Gasteiger partial charge on any atom is -0.353 e. The third-order valence-corrected chi connectivity index (χ3v) is 6.66. The Morgan fingerprint density at radius 2 is 2.16 bits per heavy atom. The highest BCUT2D eigenvalue weighted by atomic mass is 32.1. The van der Waals surface area contributed by atoms with Crippen LogP contribution < -0.4 is 10.6 Å². The minimum absolute atomic E-state index is 0.255. The number of hydrogen-bond acceptors (Lipinski definition) is 8. The largest absolute Gasteiger partial charge is 0.353 e. The Balaban J connectivity index is 1.39. The van der Waals surface area contributed by atoms with Crippen LogP contribution in [0.3, 0.4) is 0 Å². The Labute approximate surface area is 188 Å². The average molecular weight is 449 g/mol. The van der Waals surface area contributed by atoms with Gasteiger partial charge in [-0.1, -0.05) is 18.2 Å². The molecule has 32 heavy (non-hydrogen) atoms. The van der Waals surface area contributed by atoms with Gasteiger partial charge in [-0.2, -0.15) is 0 Å². The molecule has 1 aliphatic rings. The van der Waals surface area contributed by atoms with Gasteiger partial charge in [0.25, 0.3) is 0 Å². The van der Waals surface area contributed by atoms with Crippen LogP contribution in [0.25, 0.3) is 31.8 Å². The monoisotopic (exact) mass is 448 g/mol. The number of thiophene rings is 1. The molecule has 0 amide bonds. The van der Waals surface area contributed by atoms with E-state index in [0.717, 1.165) is 45.5 Å². The van der Waals surface area contributed by atoms with Crippen molar-refractivity contribution in [1.29, 1.82) is 0 Å². The van der Waals surface area contributed by atoms with E-state index in [1.54, 1.807) is 12.4 Å². The molecule has 0 saturated carbocycles. The highest BCUT2D eigenvalue weighted by molar-refractivity contribution is 7.22. The van der Waals surface area contributed by atoms with Crippen molar-refractivity contribution < 1.29 is 9.18 Å². The molecule has 1 saturated heterocycles. The van der Waals surface area contributed by atoms with Crippen molar-refractivity contribution >= 4 is 33.7 Å². The summed E-state index contributed by atoms with van der Waals surface area (Å²) in [7, 11) is 0. The lowest BCUT2D eigenvalue weighted by Crippen LogP contribution is -2.39. The maximum Gasteiger partial charge on any atom is 0.223 e. The zero-order valence-electron chi connectivity index (χ0n) is 17.2. The predicted molar refractivity (Wildman–Crippen MR) is 124 cm³/mol. The maximum atomic E-state index is 14.7. The number of nitrogens with zero attached hydrogens (tertiary/aromatic N) is 4. The van der Waals surface area contributed by atoms with Crippen molar-refractivity contribution in [2.75, 3.05) is 31.5 Å². The van der Waals surface area contributed by atoms with Crippen LogP contribution in [-0.4, -0.2) is 58.5 Å². The number of halogens is 1. The molecular formula is C23H21FN6OS. The van der Waals surface area contributed by atoms with Gasteiger partial charge in [-0.15, -0.1) is 11.3 Å². The molecule has 0 radical (unpaired) electrons. The first-order valence-electron chi connectivity index (χ1n) is 10.4. The fourth-order valence-corrected chi connectivity index (χ4v) is 5.07. The van der Waals surface area contributed by atoms with Crippen molar-refractivity contribution in [3.05, 3.63) is 60.8 Å². The third kappa shape index (κ3) is 4.10. The van der Waals surface area contributed by atoms with Crippen LogP contribution in [0.1, 0.15) is 0 Å². The lowest BCUT2D eigenvalue weighted by molar-refractivity contribution is -0.112. The van der Waals surface area contributed by atoms with E-state index in [-0.39, 0.29) is 11.9 Å². The Kier molecular flexibility index (Phi) is 5.85. The van der Waals surface area contributed by atoms with Crippen molar-refractivity contribution in [1.82, 2.24) is 25.2 Å². The van der Waals surface area contributed by atoms with Crippen molar-refractivity contribution in [3.63, 3.8) is 0 Å². The summed E-state index contributed by atoms with van der Waals surface area (Å²) in [6.07, 6.45) is 5.38. The van der Waals surface area contributed by atoms with Crippen molar-refractivity contribution in [2.24, 2.45) is 0 Å². The molecule has 162 valence electrons. The molecule has 2 N–H and O–H groups in total. The number of pyridine rings is 1. The zero-order valence-corrected chi connectivity index (χ0v) is 18.0. The highest BCUT2D eigenvalue weighted by Crippen LogP contribution is 2.39. The van der Waals surface area contributed by atoms with Crippen LogP contribution in [-0.2, 0) is 4.79 Å². The van der Waals surface area contributed by atoms with E-state index < -0.39 is 5.82 Å². The molecule has 0 aliphatic carbocycles. The van der Waals surface area contributed by atoms with Crippen LogP contribution in [0, 0.1) is 5.82 Å². The number of anilines is 1. The first-order chi connectivity index (χ1) is 15.7. The number of hydrogen-bond donors (Lipinski definition) is 2. The van der Waals surface area contributed by atoms with Crippen molar-refractivity contribution in [2.45, 2.75) is 6.17 Å². The van der Waals surface area contributed by atoms with Gasteiger partial charge in [-0.3, -0.25) is 15.2 Å². The molecule has 0 spiro atoms. The van der Waals surface area contributed by atoms with Gasteiger partial charge in [-0.25, -0.2) is 14.4 Å². The molecule has 1 aromatic carbocycles. The Hall–Kier alpha value is -3.27. The van der Waals surface area contributed by atoms with Crippen LogP contribution in [0.15, 0.2) is 55.0 Å². The fourth-order valence-electron chi connectivity index (χ4n) is 3.88. The molecule has 4 heterocycles. The lowest BCUT2D eigenvalue weighted by Gasteiger charge is -2.19. The standard InChI is InChI=1S/C23H21FN6OS/c24-18-13-28-23(27-9-11-30-10-8-26-20(30)14-31)29-21(18)19-12-16-2-1-3-17(22(16)32-19)15-4-6-25-7-5-15/h1-7,12-14,20,26H,8-11H2,(H,27,28,29). The molecule has 3 aromatic heterocycles. The summed E-state index contributed by atoms with van der Waals surface area (Å²) >= 11 is 1.51. The van der Waals surface area contributed by atoms with Gasteiger partial charge < -0.3 is 10.1 Å². The first kappa shape index (κ1) is 20.6. The molecule has 1 unspecified atom stereocenters. The summed E-state index contributed by atoms with van der Waals surface area (Å²) in [6.45, 7) is 2.80. The number of aromatic nitrogens is 3. The second kappa shape index (κ2) is 9.07. The second-order valence-electron chi connectivity index (χ2n) is 7.46. The average Bonchev–Trinajstić information content (AvgIpc) is 3.47. The van der Waals surface area contributed by atoms with E-state index in [1.807, 2.05) is 35.2 Å². The number of carbonyl (C=O) groups is 1. The third-order valence-electron chi connectivity index (χ3n) is 5.47. The number of rotatable bonds is 7. The van der Waals surface area contributed by atoms with Gasteiger partial charge >= 0.3 is 0 Å². The normalized spacial score (nSPS) is 16.5. The molecule has 9 heteroatoms. The number of fused-ring (bicyclic) bond motifs is 1. The summed E-state index contributed by atoms with van der Waals surface area (Å²) in [6, 6.07) is 12.0. The molecule has 1 aliphatic heterocycles.